The van der Waals surface area contributed by atoms with Gasteiger partial charge in [-0.2, -0.15) is 0 Å². The van der Waals surface area contributed by atoms with Gasteiger partial charge in [-0.05, 0) is 65.9 Å². The Kier molecular flexibility index (Phi) is 5.47. The van der Waals surface area contributed by atoms with Crippen LogP contribution in [-0.4, -0.2) is 40.0 Å². The molecule has 0 aliphatic carbocycles. The van der Waals surface area contributed by atoms with E-state index in [9.17, 15) is 9.50 Å². The molecule has 3 aliphatic rings. The fourth-order valence-corrected chi connectivity index (χ4v) is 6.71. The summed E-state index contributed by atoms with van der Waals surface area (Å²) in [4.78, 5) is 7.49. The van der Waals surface area contributed by atoms with Gasteiger partial charge in [0.05, 0.1) is 24.7 Å². The van der Waals surface area contributed by atoms with Gasteiger partial charge in [-0.1, -0.05) is 30.3 Å². The zero-order valence-electron chi connectivity index (χ0n) is 22.6. The minimum absolute atomic E-state index is 0.108. The molecule has 1 atom stereocenters. The number of imidazole rings is 1. The second-order valence-electron chi connectivity index (χ2n) is 10.9. The lowest BCUT2D eigenvalue weighted by molar-refractivity contribution is 0.158. The number of aromatic hydroxyl groups is 1. The van der Waals surface area contributed by atoms with Gasteiger partial charge in [0.1, 0.15) is 11.6 Å². The highest BCUT2D eigenvalue weighted by molar-refractivity contribution is 5.83. The average molecular weight is 550 g/mol. The van der Waals surface area contributed by atoms with Crippen molar-refractivity contribution >= 4 is 11.0 Å². The number of nitrogens with zero attached hydrogens (tertiary/aromatic N) is 3. The lowest BCUT2D eigenvalue weighted by Crippen LogP contribution is -2.39. The van der Waals surface area contributed by atoms with Gasteiger partial charge in [0.25, 0.3) is 0 Å². The molecule has 0 radical (unpaired) electrons. The van der Waals surface area contributed by atoms with Gasteiger partial charge in [0.2, 0.25) is 6.79 Å². The second-order valence-corrected chi connectivity index (χ2v) is 10.9. The maximum absolute atomic E-state index is 14.9. The van der Waals surface area contributed by atoms with Crippen LogP contribution in [0.25, 0.3) is 22.4 Å². The molecule has 41 heavy (non-hydrogen) atoms. The Morgan fingerprint density at radius 2 is 1.83 bits per heavy atom. The van der Waals surface area contributed by atoms with Crippen LogP contribution in [0.3, 0.4) is 0 Å². The monoisotopic (exact) mass is 549 g/mol. The van der Waals surface area contributed by atoms with Crippen LogP contribution in [0.2, 0.25) is 0 Å². The van der Waals surface area contributed by atoms with Crippen LogP contribution < -0.4 is 14.2 Å². The molecule has 1 N–H and O–H groups in total. The number of methoxy groups -OCH3 is 1. The highest BCUT2D eigenvalue weighted by atomic mass is 19.1. The molecule has 3 aliphatic heterocycles. The second kappa shape index (κ2) is 9.24. The van der Waals surface area contributed by atoms with E-state index in [-0.39, 0.29) is 24.4 Å². The minimum atomic E-state index is -0.255. The number of phenolic OH excluding ortho intramolecular Hbond substituents is 1. The fraction of sp³-hybridized carbons (Fsp3) is 0.242. The van der Waals surface area contributed by atoms with E-state index in [1.807, 2.05) is 42.5 Å². The first-order valence-electron chi connectivity index (χ1n) is 13.9. The Balaban J connectivity index is 1.32. The summed E-state index contributed by atoms with van der Waals surface area (Å²) in [7, 11) is 1.57. The molecule has 1 aromatic heterocycles. The number of phenols is 1. The standard InChI is InChI=1S/C33H28FN3O4/c1-39-31-15-23(33-35-26-8-4-5-9-27(26)37(33)16-20-6-2-3-7-25(20)34)22-13-28-21-14-30-29(40-18-41-30)12-19(21)10-11-36(28)17-24(22)32(31)38/h2-9,12,14-15,28,38H,10-11,13,16-18H2,1H3. The first-order chi connectivity index (χ1) is 20.1. The van der Waals surface area contributed by atoms with Crippen LogP contribution >= 0.6 is 0 Å². The normalized spacial score (nSPS) is 17.3. The van der Waals surface area contributed by atoms with E-state index in [1.165, 1.54) is 17.2 Å². The molecule has 0 saturated heterocycles. The third kappa shape index (κ3) is 3.78. The summed E-state index contributed by atoms with van der Waals surface area (Å²) in [6.45, 7) is 2.01. The van der Waals surface area contributed by atoms with Crippen molar-refractivity contribution in [2.75, 3.05) is 20.4 Å². The molecule has 0 amide bonds. The number of benzene rings is 4. The van der Waals surface area contributed by atoms with Gasteiger partial charge >= 0.3 is 0 Å². The molecule has 1 unspecified atom stereocenters. The molecule has 0 bridgehead atoms. The van der Waals surface area contributed by atoms with E-state index >= 15 is 0 Å². The molecule has 0 saturated carbocycles. The topological polar surface area (TPSA) is 69.0 Å². The molecule has 4 heterocycles. The number of ether oxygens (including phenoxy) is 3. The van der Waals surface area contributed by atoms with Gasteiger partial charge in [-0.3, -0.25) is 4.90 Å². The largest absolute Gasteiger partial charge is 0.504 e. The van der Waals surface area contributed by atoms with Crippen molar-refractivity contribution < 1.29 is 23.7 Å². The lowest BCUT2D eigenvalue weighted by Gasteiger charge is -2.42. The predicted molar refractivity (Wildman–Crippen MR) is 152 cm³/mol. The Bertz CT molecular complexity index is 1850. The number of para-hydroxylation sites is 2. The van der Waals surface area contributed by atoms with Crippen molar-refractivity contribution in [1.82, 2.24) is 14.5 Å². The van der Waals surface area contributed by atoms with Crippen LogP contribution in [0.5, 0.6) is 23.0 Å². The smallest absolute Gasteiger partial charge is 0.231 e. The van der Waals surface area contributed by atoms with Crippen molar-refractivity contribution in [2.45, 2.75) is 32.0 Å². The highest BCUT2D eigenvalue weighted by Gasteiger charge is 2.37. The van der Waals surface area contributed by atoms with Crippen molar-refractivity contribution in [3.8, 4) is 34.4 Å². The molecule has 8 heteroatoms. The van der Waals surface area contributed by atoms with E-state index < -0.39 is 0 Å². The van der Waals surface area contributed by atoms with E-state index in [2.05, 4.69) is 21.6 Å². The average Bonchev–Trinajstić information content (AvgIpc) is 3.61. The Hall–Kier alpha value is -4.56. The lowest BCUT2D eigenvalue weighted by atomic mass is 9.81. The predicted octanol–water partition coefficient (Wildman–Crippen LogP) is 5.99. The van der Waals surface area contributed by atoms with Crippen molar-refractivity contribution in [3.63, 3.8) is 0 Å². The maximum atomic E-state index is 14.9. The molecule has 206 valence electrons. The number of fused-ring (bicyclic) bond motifs is 6. The summed E-state index contributed by atoms with van der Waals surface area (Å²) in [5, 5.41) is 11.3. The number of hydrogen-bond donors (Lipinski definition) is 1. The van der Waals surface area contributed by atoms with Gasteiger partial charge in [0.15, 0.2) is 23.0 Å². The summed E-state index contributed by atoms with van der Waals surface area (Å²) in [5.74, 6) is 2.62. The zero-order valence-corrected chi connectivity index (χ0v) is 22.6. The van der Waals surface area contributed by atoms with E-state index in [0.29, 0.717) is 30.8 Å². The van der Waals surface area contributed by atoms with Crippen LogP contribution in [0.15, 0.2) is 66.7 Å². The van der Waals surface area contributed by atoms with Crippen molar-refractivity contribution in [2.24, 2.45) is 0 Å². The number of rotatable bonds is 4. The maximum Gasteiger partial charge on any atom is 0.231 e. The van der Waals surface area contributed by atoms with Crippen LogP contribution in [0.1, 0.15) is 33.9 Å². The third-order valence-electron chi connectivity index (χ3n) is 8.75. The summed E-state index contributed by atoms with van der Waals surface area (Å²) in [6, 6.07) is 21.0. The molecule has 0 spiro atoms. The van der Waals surface area contributed by atoms with Gasteiger partial charge in [-0.15, -0.1) is 0 Å². The summed E-state index contributed by atoms with van der Waals surface area (Å²) >= 11 is 0. The highest BCUT2D eigenvalue weighted by Crippen LogP contribution is 2.49. The number of halogens is 1. The molecule has 4 aromatic carbocycles. The van der Waals surface area contributed by atoms with E-state index in [0.717, 1.165) is 58.0 Å². The first kappa shape index (κ1) is 24.3. The molecule has 7 nitrogen and oxygen atoms in total. The summed E-state index contributed by atoms with van der Waals surface area (Å²) in [5.41, 5.74) is 7.59. The van der Waals surface area contributed by atoms with E-state index in [1.54, 1.807) is 13.2 Å². The van der Waals surface area contributed by atoms with Crippen LogP contribution in [0.4, 0.5) is 4.39 Å². The zero-order chi connectivity index (χ0) is 27.7. The van der Waals surface area contributed by atoms with Gasteiger partial charge in [-0.25, -0.2) is 9.37 Å². The number of hydrogen-bond acceptors (Lipinski definition) is 6. The van der Waals surface area contributed by atoms with Gasteiger partial charge in [0, 0.05) is 35.8 Å². The minimum Gasteiger partial charge on any atom is -0.504 e. The van der Waals surface area contributed by atoms with E-state index in [4.69, 9.17) is 19.2 Å². The van der Waals surface area contributed by atoms with Crippen molar-refractivity contribution in [3.05, 3.63) is 100 Å². The SMILES string of the molecule is COc1cc(-c2nc3ccccc3n2Cc2ccccc2F)c2c(c1O)CN1CCc3cc4c(cc3C1C2)OCO4. The number of aromatic nitrogens is 2. The molecule has 0 fully saturated rings. The molecule has 8 rings (SSSR count). The fourth-order valence-electron chi connectivity index (χ4n) is 6.71. The van der Waals surface area contributed by atoms with Crippen molar-refractivity contribution in [1.29, 1.82) is 0 Å². The molecule has 5 aromatic rings. The summed E-state index contributed by atoms with van der Waals surface area (Å²) < 4.78 is 34.0. The summed E-state index contributed by atoms with van der Waals surface area (Å²) in [6.07, 6.45) is 1.57. The Morgan fingerprint density at radius 3 is 2.68 bits per heavy atom. The van der Waals surface area contributed by atoms with Gasteiger partial charge < -0.3 is 23.9 Å². The van der Waals surface area contributed by atoms with Crippen LogP contribution in [-0.2, 0) is 25.9 Å². The molecular formula is C33H28FN3O4. The molecular weight excluding hydrogens is 521 g/mol. The Labute approximate surface area is 236 Å². The Morgan fingerprint density at radius 1 is 1.02 bits per heavy atom. The first-order valence-corrected chi connectivity index (χ1v) is 13.9. The third-order valence-corrected chi connectivity index (χ3v) is 8.75. The quantitative estimate of drug-likeness (QED) is 0.297. The van der Waals surface area contributed by atoms with Crippen LogP contribution in [0, 0.1) is 5.82 Å².